The van der Waals surface area contributed by atoms with Crippen LogP contribution in [-0.2, 0) is 6.54 Å². The highest BCUT2D eigenvalue weighted by molar-refractivity contribution is 5.41. The van der Waals surface area contributed by atoms with Crippen LogP contribution in [0.4, 0.5) is 5.82 Å². The summed E-state index contributed by atoms with van der Waals surface area (Å²) in [5, 5.41) is 3.33. The molecular formula is C15H19N3. The lowest BCUT2D eigenvalue weighted by Gasteiger charge is -2.12. The Morgan fingerprint density at radius 2 is 1.67 bits per heavy atom. The molecule has 0 amide bonds. The first-order valence-corrected chi connectivity index (χ1v) is 6.15. The fourth-order valence-corrected chi connectivity index (χ4v) is 2.22. The highest BCUT2D eigenvalue weighted by Gasteiger charge is 2.04. The lowest BCUT2D eigenvalue weighted by Crippen LogP contribution is -2.06. The molecule has 2 rings (SSSR count). The molecule has 18 heavy (non-hydrogen) atoms. The second-order valence-electron chi connectivity index (χ2n) is 4.78. The van der Waals surface area contributed by atoms with Crippen LogP contribution in [0.25, 0.3) is 0 Å². The molecule has 1 aromatic carbocycles. The van der Waals surface area contributed by atoms with Crippen molar-refractivity contribution in [3.05, 3.63) is 52.5 Å². The van der Waals surface area contributed by atoms with E-state index in [1.54, 1.807) is 12.4 Å². The van der Waals surface area contributed by atoms with E-state index in [-0.39, 0.29) is 0 Å². The molecule has 0 aliphatic heterocycles. The number of nitrogens with one attached hydrogen (secondary N) is 1. The van der Waals surface area contributed by atoms with Gasteiger partial charge >= 0.3 is 0 Å². The van der Waals surface area contributed by atoms with Gasteiger partial charge in [-0.3, -0.25) is 4.98 Å². The van der Waals surface area contributed by atoms with Crippen molar-refractivity contribution in [3.63, 3.8) is 0 Å². The van der Waals surface area contributed by atoms with Crippen molar-refractivity contribution >= 4 is 5.82 Å². The van der Waals surface area contributed by atoms with E-state index in [0.717, 1.165) is 18.1 Å². The Hall–Kier alpha value is -1.90. The number of nitrogens with zero attached hydrogens (tertiary/aromatic N) is 2. The van der Waals surface area contributed by atoms with Gasteiger partial charge in [-0.25, -0.2) is 4.98 Å². The summed E-state index contributed by atoms with van der Waals surface area (Å²) in [4.78, 5) is 8.52. The van der Waals surface area contributed by atoms with Crippen molar-refractivity contribution in [1.29, 1.82) is 0 Å². The summed E-state index contributed by atoms with van der Waals surface area (Å²) in [5.41, 5.74) is 6.21. The fourth-order valence-electron chi connectivity index (χ4n) is 2.22. The normalized spacial score (nSPS) is 10.4. The Labute approximate surface area is 108 Å². The van der Waals surface area contributed by atoms with Gasteiger partial charge in [0.15, 0.2) is 0 Å². The molecule has 3 nitrogen and oxygen atoms in total. The maximum atomic E-state index is 4.39. The molecule has 1 aromatic heterocycles. The van der Waals surface area contributed by atoms with E-state index in [1.807, 2.05) is 6.92 Å². The number of aromatic nitrogens is 2. The predicted molar refractivity (Wildman–Crippen MR) is 74.7 cm³/mol. The van der Waals surface area contributed by atoms with E-state index in [0.29, 0.717) is 0 Å². The van der Waals surface area contributed by atoms with Crippen molar-refractivity contribution in [3.8, 4) is 0 Å². The van der Waals surface area contributed by atoms with Crippen molar-refractivity contribution in [2.45, 2.75) is 34.2 Å². The molecule has 0 aliphatic rings. The van der Waals surface area contributed by atoms with E-state index in [4.69, 9.17) is 0 Å². The average Bonchev–Trinajstić information content (AvgIpc) is 2.27. The third-order valence-electron chi connectivity index (χ3n) is 3.04. The molecule has 0 fully saturated rings. The molecule has 0 aliphatic carbocycles. The molecule has 1 N–H and O–H groups in total. The second-order valence-corrected chi connectivity index (χ2v) is 4.78. The molecule has 0 spiro atoms. The zero-order valence-electron chi connectivity index (χ0n) is 11.4. The Morgan fingerprint density at radius 1 is 1.00 bits per heavy atom. The smallest absolute Gasteiger partial charge is 0.145 e. The summed E-state index contributed by atoms with van der Waals surface area (Å²) in [6.07, 6.45) is 3.51. The first-order valence-electron chi connectivity index (χ1n) is 6.15. The van der Waals surface area contributed by atoms with Gasteiger partial charge in [0.05, 0.1) is 11.9 Å². The molecule has 2 aromatic rings. The highest BCUT2D eigenvalue weighted by Crippen LogP contribution is 2.17. The number of hydrogen-bond acceptors (Lipinski definition) is 3. The van der Waals surface area contributed by atoms with E-state index in [2.05, 4.69) is 48.2 Å². The summed E-state index contributed by atoms with van der Waals surface area (Å²) in [7, 11) is 0. The van der Waals surface area contributed by atoms with Crippen molar-refractivity contribution in [2.75, 3.05) is 5.32 Å². The molecule has 0 radical (unpaired) electrons. The third kappa shape index (κ3) is 2.86. The molecule has 0 saturated carbocycles. The molecule has 0 unspecified atom stereocenters. The Morgan fingerprint density at radius 3 is 2.28 bits per heavy atom. The summed E-state index contributed by atoms with van der Waals surface area (Å²) < 4.78 is 0. The zero-order chi connectivity index (χ0) is 13.1. The summed E-state index contributed by atoms with van der Waals surface area (Å²) in [5.74, 6) is 0.828. The number of hydrogen-bond donors (Lipinski definition) is 1. The fraction of sp³-hybridized carbons (Fsp3) is 0.333. The molecule has 3 heteroatoms. The molecule has 0 atom stereocenters. The maximum Gasteiger partial charge on any atom is 0.145 e. The predicted octanol–water partition coefficient (Wildman–Crippen LogP) is 3.32. The minimum Gasteiger partial charge on any atom is -0.365 e. The maximum absolute atomic E-state index is 4.39. The van der Waals surface area contributed by atoms with Gasteiger partial charge in [-0.15, -0.1) is 0 Å². The minimum absolute atomic E-state index is 0.788. The summed E-state index contributed by atoms with van der Waals surface area (Å²) in [6, 6.07) is 4.43. The van der Waals surface area contributed by atoms with Crippen molar-refractivity contribution < 1.29 is 0 Å². The van der Waals surface area contributed by atoms with E-state index < -0.39 is 0 Å². The monoisotopic (exact) mass is 241 g/mol. The van der Waals surface area contributed by atoms with Crippen LogP contribution in [0.1, 0.15) is 27.9 Å². The van der Waals surface area contributed by atoms with Crippen molar-refractivity contribution in [2.24, 2.45) is 0 Å². The molecule has 0 bridgehead atoms. The first-order chi connectivity index (χ1) is 8.56. The Kier molecular flexibility index (Phi) is 3.60. The van der Waals surface area contributed by atoms with Gasteiger partial charge < -0.3 is 5.32 Å². The Balaban J connectivity index is 2.16. The van der Waals surface area contributed by atoms with Crippen LogP contribution < -0.4 is 5.32 Å². The molecule has 94 valence electrons. The van der Waals surface area contributed by atoms with Gasteiger partial charge in [0.1, 0.15) is 5.82 Å². The van der Waals surface area contributed by atoms with Gasteiger partial charge in [-0.05, 0) is 44.4 Å². The lowest BCUT2D eigenvalue weighted by atomic mass is 10.00. The highest BCUT2D eigenvalue weighted by atomic mass is 15.0. The van der Waals surface area contributed by atoms with Crippen LogP contribution in [-0.4, -0.2) is 9.97 Å². The first kappa shape index (κ1) is 12.6. The number of aryl methyl sites for hydroxylation is 4. The van der Waals surface area contributed by atoms with E-state index in [1.165, 1.54) is 22.3 Å². The molecular weight excluding hydrogens is 222 g/mol. The average molecular weight is 241 g/mol. The number of benzene rings is 1. The second kappa shape index (κ2) is 5.17. The van der Waals surface area contributed by atoms with Gasteiger partial charge in [-0.2, -0.15) is 0 Å². The summed E-state index contributed by atoms with van der Waals surface area (Å²) in [6.45, 7) is 9.16. The van der Waals surface area contributed by atoms with Crippen LogP contribution in [0.5, 0.6) is 0 Å². The van der Waals surface area contributed by atoms with Crippen LogP contribution in [0, 0.1) is 27.7 Å². The van der Waals surface area contributed by atoms with Crippen molar-refractivity contribution in [1.82, 2.24) is 9.97 Å². The van der Waals surface area contributed by atoms with Gasteiger partial charge in [0.25, 0.3) is 0 Å². The standard InChI is InChI=1S/C15H19N3/c1-10-5-11(2)14(12(3)6-10)8-17-15-9-16-7-13(4)18-15/h5-7,9H,8H2,1-4H3,(H,17,18). The van der Waals surface area contributed by atoms with Gasteiger partial charge in [-0.1, -0.05) is 17.7 Å². The zero-order valence-corrected chi connectivity index (χ0v) is 11.4. The van der Waals surface area contributed by atoms with E-state index in [9.17, 15) is 0 Å². The van der Waals surface area contributed by atoms with Crippen LogP contribution in [0.2, 0.25) is 0 Å². The lowest BCUT2D eigenvalue weighted by molar-refractivity contribution is 1.03. The topological polar surface area (TPSA) is 37.8 Å². The Bertz CT molecular complexity index is 538. The van der Waals surface area contributed by atoms with Crippen LogP contribution in [0.15, 0.2) is 24.5 Å². The van der Waals surface area contributed by atoms with Crippen LogP contribution in [0.3, 0.4) is 0 Å². The third-order valence-corrected chi connectivity index (χ3v) is 3.04. The van der Waals surface area contributed by atoms with Crippen LogP contribution >= 0.6 is 0 Å². The van der Waals surface area contributed by atoms with Gasteiger partial charge in [0.2, 0.25) is 0 Å². The largest absolute Gasteiger partial charge is 0.365 e. The quantitative estimate of drug-likeness (QED) is 0.895. The van der Waals surface area contributed by atoms with E-state index >= 15 is 0 Å². The number of anilines is 1. The molecule has 1 heterocycles. The summed E-state index contributed by atoms with van der Waals surface area (Å²) >= 11 is 0. The SMILES string of the molecule is Cc1cc(C)c(CNc2cncc(C)n2)c(C)c1. The molecule has 0 saturated heterocycles. The number of rotatable bonds is 3. The minimum atomic E-state index is 0.788. The van der Waals surface area contributed by atoms with Gasteiger partial charge in [0, 0.05) is 12.7 Å².